The van der Waals surface area contributed by atoms with Gasteiger partial charge in [-0.3, -0.25) is 4.79 Å². The molecule has 2 atom stereocenters. The molecule has 1 N–H and O–H groups in total. The zero-order valence-electron chi connectivity index (χ0n) is 17.8. The molecule has 0 heterocycles. The third-order valence-electron chi connectivity index (χ3n) is 5.04. The zero-order chi connectivity index (χ0) is 20.3. The minimum atomic E-state index is -0.523. The van der Waals surface area contributed by atoms with Gasteiger partial charge in [0.25, 0.3) is 0 Å². The van der Waals surface area contributed by atoms with Crippen LogP contribution in [0.1, 0.15) is 91.9 Å². The highest BCUT2D eigenvalue weighted by atomic mass is 16.6. The summed E-state index contributed by atoms with van der Waals surface area (Å²) in [6.45, 7) is 12.1. The molecule has 27 heavy (non-hydrogen) atoms. The third-order valence-corrected chi connectivity index (χ3v) is 5.04. The van der Waals surface area contributed by atoms with Crippen molar-refractivity contribution >= 4 is 12.1 Å². The molecule has 2 unspecified atom stereocenters. The van der Waals surface area contributed by atoms with Crippen LogP contribution in [-0.2, 0) is 14.3 Å². The first-order valence-corrected chi connectivity index (χ1v) is 10.5. The quantitative estimate of drug-likeness (QED) is 0.358. The minimum Gasteiger partial charge on any atom is -0.465 e. The van der Waals surface area contributed by atoms with Gasteiger partial charge in [-0.25, -0.2) is 4.79 Å². The van der Waals surface area contributed by atoms with Crippen molar-refractivity contribution in [1.82, 2.24) is 5.32 Å². The van der Waals surface area contributed by atoms with E-state index in [2.05, 4.69) is 18.8 Å². The van der Waals surface area contributed by atoms with Gasteiger partial charge in [0.2, 0.25) is 0 Å². The largest absolute Gasteiger partial charge is 0.465 e. The van der Waals surface area contributed by atoms with Gasteiger partial charge in [0.1, 0.15) is 5.60 Å². The molecular formula is C22H39NO4. The van der Waals surface area contributed by atoms with Gasteiger partial charge in [0, 0.05) is 5.54 Å². The number of rotatable bonds is 7. The van der Waals surface area contributed by atoms with Crippen molar-refractivity contribution in [2.75, 3.05) is 6.61 Å². The van der Waals surface area contributed by atoms with E-state index in [4.69, 9.17) is 9.47 Å². The molecule has 0 aliphatic heterocycles. The number of hydrogen-bond acceptors (Lipinski definition) is 4. The predicted molar refractivity (Wildman–Crippen MR) is 109 cm³/mol. The lowest BCUT2D eigenvalue weighted by molar-refractivity contribution is -0.149. The lowest BCUT2D eigenvalue weighted by Gasteiger charge is -2.35. The molecule has 0 saturated heterocycles. The highest BCUT2D eigenvalue weighted by Crippen LogP contribution is 2.32. The zero-order valence-corrected chi connectivity index (χ0v) is 17.8. The van der Waals surface area contributed by atoms with Crippen LogP contribution in [-0.4, -0.2) is 29.8 Å². The summed E-state index contributed by atoms with van der Waals surface area (Å²) in [5, 5.41) is 3.12. The molecule has 5 heteroatoms. The lowest BCUT2D eigenvalue weighted by Crippen LogP contribution is -2.49. The first kappa shape index (κ1) is 23.5. The fourth-order valence-electron chi connectivity index (χ4n) is 3.66. The summed E-state index contributed by atoms with van der Waals surface area (Å²) < 4.78 is 10.9. The van der Waals surface area contributed by atoms with Crippen molar-refractivity contribution in [2.45, 2.75) is 103 Å². The van der Waals surface area contributed by atoms with E-state index in [1.165, 1.54) is 0 Å². The van der Waals surface area contributed by atoms with Gasteiger partial charge in [0.15, 0.2) is 0 Å². The number of unbranched alkanes of at least 4 members (excludes halogenated alkanes) is 1. The number of esters is 1. The average Bonchev–Trinajstić information content (AvgIpc) is 2.64. The van der Waals surface area contributed by atoms with E-state index in [0.717, 1.165) is 57.8 Å². The van der Waals surface area contributed by atoms with Crippen molar-refractivity contribution < 1.29 is 19.1 Å². The summed E-state index contributed by atoms with van der Waals surface area (Å²) >= 11 is 0. The molecule has 0 radical (unpaired) electrons. The Morgan fingerprint density at radius 3 is 2.48 bits per heavy atom. The van der Waals surface area contributed by atoms with Crippen LogP contribution in [0.25, 0.3) is 0 Å². The highest BCUT2D eigenvalue weighted by molar-refractivity contribution is 5.72. The standard InChI is InChI=1S/C22H39NO4/c1-6-8-17-26-19(24)18-12-9-10-15-22(14-7-2,16-11-13-18)23-20(25)27-21(3,4)5/h7,18H,2,6,8-17H2,1,3-5H3,(H,23,25). The number of hydrogen-bond donors (Lipinski definition) is 1. The second-order valence-electron chi connectivity index (χ2n) is 8.76. The first-order valence-electron chi connectivity index (χ1n) is 10.5. The van der Waals surface area contributed by atoms with Gasteiger partial charge in [-0.05, 0) is 59.3 Å². The Labute approximate surface area is 165 Å². The van der Waals surface area contributed by atoms with Crippen LogP contribution in [0.3, 0.4) is 0 Å². The van der Waals surface area contributed by atoms with Crippen LogP contribution in [0.15, 0.2) is 12.7 Å². The summed E-state index contributed by atoms with van der Waals surface area (Å²) in [6.07, 6.45) is 10.3. The van der Waals surface area contributed by atoms with Crippen molar-refractivity contribution in [3.63, 3.8) is 0 Å². The van der Waals surface area contributed by atoms with Gasteiger partial charge in [-0.15, -0.1) is 6.58 Å². The molecule has 1 rings (SSSR count). The van der Waals surface area contributed by atoms with E-state index < -0.39 is 5.60 Å². The van der Waals surface area contributed by atoms with Crippen LogP contribution in [0.5, 0.6) is 0 Å². The highest BCUT2D eigenvalue weighted by Gasteiger charge is 2.34. The number of ether oxygens (including phenoxy) is 2. The summed E-state index contributed by atoms with van der Waals surface area (Å²) in [7, 11) is 0. The SMILES string of the molecule is C=CCC1(NC(=O)OC(C)(C)C)CCCCC(C(=O)OCCCC)CCC1. The minimum absolute atomic E-state index is 0.0251. The molecule has 1 amide bonds. The summed E-state index contributed by atoms with van der Waals surface area (Å²) in [5.74, 6) is -0.0808. The fraction of sp³-hybridized carbons (Fsp3) is 0.818. The number of alkyl carbamates (subject to hydrolysis) is 1. The van der Waals surface area contributed by atoms with E-state index >= 15 is 0 Å². The van der Waals surface area contributed by atoms with Crippen LogP contribution in [0.2, 0.25) is 0 Å². The molecule has 1 saturated carbocycles. The molecule has 0 aromatic heterocycles. The normalized spacial score (nSPS) is 24.1. The maximum Gasteiger partial charge on any atom is 0.408 e. The van der Waals surface area contributed by atoms with E-state index in [0.29, 0.717) is 13.0 Å². The lowest BCUT2D eigenvalue weighted by atomic mass is 9.84. The molecule has 0 spiro atoms. The van der Waals surface area contributed by atoms with Crippen molar-refractivity contribution in [1.29, 1.82) is 0 Å². The van der Waals surface area contributed by atoms with Gasteiger partial charge in [0.05, 0.1) is 12.5 Å². The second-order valence-corrected chi connectivity index (χ2v) is 8.76. The van der Waals surface area contributed by atoms with Crippen molar-refractivity contribution in [3.8, 4) is 0 Å². The molecule has 1 aliphatic carbocycles. The molecule has 156 valence electrons. The molecular weight excluding hydrogens is 342 g/mol. The number of carbonyl (C=O) groups is 2. The summed E-state index contributed by atoms with van der Waals surface area (Å²) in [6, 6.07) is 0. The summed E-state index contributed by atoms with van der Waals surface area (Å²) in [4.78, 5) is 24.7. The molecule has 1 fully saturated rings. The predicted octanol–water partition coefficient (Wildman–Crippen LogP) is 5.53. The molecule has 0 bridgehead atoms. The molecule has 0 aromatic carbocycles. The first-order chi connectivity index (χ1) is 12.7. The summed E-state index contributed by atoms with van der Waals surface area (Å²) in [5.41, 5.74) is -0.865. The molecule has 5 nitrogen and oxygen atoms in total. The maximum atomic E-state index is 12.4. The Morgan fingerprint density at radius 1 is 1.19 bits per heavy atom. The Morgan fingerprint density at radius 2 is 1.85 bits per heavy atom. The Hall–Kier alpha value is -1.52. The van der Waals surface area contributed by atoms with E-state index in [1.807, 2.05) is 26.8 Å². The van der Waals surface area contributed by atoms with Gasteiger partial charge in [-0.2, -0.15) is 0 Å². The van der Waals surface area contributed by atoms with Gasteiger partial charge >= 0.3 is 12.1 Å². The molecule has 0 aromatic rings. The van der Waals surface area contributed by atoms with Gasteiger partial charge < -0.3 is 14.8 Å². The Balaban J connectivity index is 2.71. The number of nitrogens with one attached hydrogen (secondary N) is 1. The second kappa shape index (κ2) is 11.4. The number of amides is 1. The fourth-order valence-corrected chi connectivity index (χ4v) is 3.66. The van der Waals surface area contributed by atoms with Crippen LogP contribution >= 0.6 is 0 Å². The number of carbonyl (C=O) groups excluding carboxylic acids is 2. The smallest absolute Gasteiger partial charge is 0.408 e. The van der Waals surface area contributed by atoms with Crippen molar-refractivity contribution in [2.24, 2.45) is 5.92 Å². The van der Waals surface area contributed by atoms with Gasteiger partial charge in [-0.1, -0.05) is 38.7 Å². The van der Waals surface area contributed by atoms with E-state index in [-0.39, 0.29) is 23.5 Å². The Kier molecular flexibility index (Phi) is 9.89. The average molecular weight is 382 g/mol. The Bertz CT molecular complexity index is 483. The van der Waals surface area contributed by atoms with E-state index in [9.17, 15) is 9.59 Å². The van der Waals surface area contributed by atoms with Crippen LogP contribution < -0.4 is 5.32 Å². The third kappa shape index (κ3) is 9.30. The van der Waals surface area contributed by atoms with E-state index in [1.54, 1.807) is 0 Å². The maximum absolute atomic E-state index is 12.4. The monoisotopic (exact) mass is 381 g/mol. The topological polar surface area (TPSA) is 64.6 Å². The van der Waals surface area contributed by atoms with Crippen molar-refractivity contribution in [3.05, 3.63) is 12.7 Å². The van der Waals surface area contributed by atoms with Crippen LogP contribution in [0.4, 0.5) is 4.79 Å². The van der Waals surface area contributed by atoms with Crippen LogP contribution in [0, 0.1) is 5.92 Å². The molecule has 1 aliphatic rings.